The van der Waals surface area contributed by atoms with Crippen LogP contribution in [0.3, 0.4) is 0 Å². The Labute approximate surface area is 134 Å². The van der Waals surface area contributed by atoms with Crippen LogP contribution in [0.1, 0.15) is 32.1 Å². The molecule has 122 valence electrons. The molecule has 0 unspecified atom stereocenters. The van der Waals surface area contributed by atoms with Gasteiger partial charge in [0.25, 0.3) is 0 Å². The predicted molar refractivity (Wildman–Crippen MR) is 96.4 cm³/mol. The highest BCUT2D eigenvalue weighted by molar-refractivity contribution is 7.99. The van der Waals surface area contributed by atoms with Crippen LogP contribution in [0.25, 0.3) is 0 Å². The summed E-state index contributed by atoms with van der Waals surface area (Å²) in [6, 6.07) is 0. The fraction of sp³-hybridized carbons (Fsp3) is 0.812. The maximum Gasteiger partial charge on any atom is 0.191 e. The summed E-state index contributed by atoms with van der Waals surface area (Å²) < 4.78 is 0. The van der Waals surface area contributed by atoms with Crippen molar-refractivity contribution in [3.8, 4) is 0 Å². The maximum absolute atomic E-state index is 4.26. The lowest BCUT2D eigenvalue weighted by atomic mass is 10.2. The Morgan fingerprint density at radius 1 is 1.19 bits per heavy atom. The molecule has 0 saturated carbocycles. The molecule has 0 spiro atoms. The van der Waals surface area contributed by atoms with Gasteiger partial charge in [-0.2, -0.15) is 11.8 Å². The molecule has 1 aliphatic heterocycles. The first kappa shape index (κ1) is 18.4. The molecule has 0 aromatic carbocycles. The van der Waals surface area contributed by atoms with Crippen LogP contribution in [-0.2, 0) is 0 Å². The van der Waals surface area contributed by atoms with E-state index < -0.39 is 0 Å². The highest BCUT2D eigenvalue weighted by atomic mass is 32.2. The average Bonchev–Trinajstić information content (AvgIpc) is 2.78. The number of likely N-dealkylation sites (tertiary alicyclic amines) is 1. The SMILES string of the molecule is C=CCSCCNC(=NC)NCCCN1CCCCCC1. The lowest BCUT2D eigenvalue weighted by molar-refractivity contribution is 0.282. The number of nitrogens with one attached hydrogen (secondary N) is 2. The molecule has 1 fully saturated rings. The van der Waals surface area contributed by atoms with Crippen molar-refractivity contribution >= 4 is 17.7 Å². The standard InChI is InChI=1S/C16H32N4S/c1-3-14-21-15-10-19-16(17-2)18-9-8-13-20-11-6-4-5-7-12-20/h3H,1,4-15H2,2H3,(H2,17,18,19). The summed E-state index contributed by atoms with van der Waals surface area (Å²) in [7, 11) is 1.83. The number of hydrogen-bond acceptors (Lipinski definition) is 3. The van der Waals surface area contributed by atoms with Crippen molar-refractivity contribution in [3.05, 3.63) is 12.7 Å². The second-order valence-electron chi connectivity index (χ2n) is 5.40. The van der Waals surface area contributed by atoms with Crippen LogP contribution in [0.5, 0.6) is 0 Å². The Morgan fingerprint density at radius 3 is 2.57 bits per heavy atom. The van der Waals surface area contributed by atoms with E-state index in [1.54, 1.807) is 0 Å². The van der Waals surface area contributed by atoms with E-state index in [0.29, 0.717) is 0 Å². The number of aliphatic imine (C=N–C) groups is 1. The minimum Gasteiger partial charge on any atom is -0.356 e. The minimum absolute atomic E-state index is 0.921. The average molecular weight is 313 g/mol. The van der Waals surface area contributed by atoms with E-state index in [-0.39, 0.29) is 0 Å². The second-order valence-corrected chi connectivity index (χ2v) is 6.55. The number of guanidine groups is 1. The monoisotopic (exact) mass is 312 g/mol. The Balaban J connectivity index is 2.02. The van der Waals surface area contributed by atoms with Gasteiger partial charge in [-0.15, -0.1) is 6.58 Å². The van der Waals surface area contributed by atoms with Crippen molar-refractivity contribution in [1.29, 1.82) is 0 Å². The van der Waals surface area contributed by atoms with Crippen LogP contribution in [0, 0.1) is 0 Å². The molecule has 21 heavy (non-hydrogen) atoms. The summed E-state index contributed by atoms with van der Waals surface area (Å²) in [6.45, 7) is 9.45. The third kappa shape index (κ3) is 9.80. The van der Waals surface area contributed by atoms with Crippen molar-refractivity contribution in [3.63, 3.8) is 0 Å². The number of hydrogen-bond donors (Lipinski definition) is 2. The lowest BCUT2D eigenvalue weighted by Gasteiger charge is -2.20. The highest BCUT2D eigenvalue weighted by Gasteiger charge is 2.08. The molecule has 0 bridgehead atoms. The van der Waals surface area contributed by atoms with Crippen LogP contribution in [-0.4, -0.2) is 62.1 Å². The molecule has 1 aliphatic rings. The van der Waals surface area contributed by atoms with Crippen molar-refractivity contribution in [2.75, 3.05) is 51.3 Å². The summed E-state index contributed by atoms with van der Waals surface area (Å²) in [6.07, 6.45) is 8.70. The summed E-state index contributed by atoms with van der Waals surface area (Å²) in [4.78, 5) is 6.86. The van der Waals surface area contributed by atoms with Crippen molar-refractivity contribution in [1.82, 2.24) is 15.5 Å². The Morgan fingerprint density at radius 2 is 1.90 bits per heavy atom. The predicted octanol–water partition coefficient (Wildman–Crippen LogP) is 2.34. The zero-order valence-electron chi connectivity index (χ0n) is 13.6. The maximum atomic E-state index is 4.26. The van der Waals surface area contributed by atoms with Gasteiger partial charge in [-0.3, -0.25) is 4.99 Å². The van der Waals surface area contributed by atoms with Gasteiger partial charge in [0.2, 0.25) is 0 Å². The van der Waals surface area contributed by atoms with Gasteiger partial charge in [-0.05, 0) is 38.9 Å². The molecule has 2 N–H and O–H groups in total. The van der Waals surface area contributed by atoms with Crippen molar-refractivity contribution in [2.45, 2.75) is 32.1 Å². The molecule has 0 aromatic heterocycles. The second kappa shape index (κ2) is 13.0. The molecule has 0 amide bonds. The Hall–Kier alpha value is -0.680. The van der Waals surface area contributed by atoms with Crippen LogP contribution in [0.4, 0.5) is 0 Å². The number of thioether (sulfide) groups is 1. The third-order valence-electron chi connectivity index (χ3n) is 3.64. The zero-order chi connectivity index (χ0) is 15.2. The topological polar surface area (TPSA) is 39.7 Å². The molecule has 0 radical (unpaired) electrons. The molecule has 4 nitrogen and oxygen atoms in total. The molecule has 1 saturated heterocycles. The van der Waals surface area contributed by atoms with Crippen molar-refractivity contribution in [2.24, 2.45) is 4.99 Å². The van der Waals surface area contributed by atoms with Crippen LogP contribution in [0.2, 0.25) is 0 Å². The molecule has 0 atom stereocenters. The van der Waals surface area contributed by atoms with E-state index in [2.05, 4.69) is 27.1 Å². The lowest BCUT2D eigenvalue weighted by Crippen LogP contribution is -2.39. The minimum atomic E-state index is 0.921. The van der Waals surface area contributed by atoms with Crippen molar-refractivity contribution < 1.29 is 0 Å². The largest absolute Gasteiger partial charge is 0.356 e. The molecule has 1 rings (SSSR count). The van der Waals surface area contributed by atoms with E-state index in [1.807, 2.05) is 24.9 Å². The molecular formula is C16H32N4S. The smallest absolute Gasteiger partial charge is 0.191 e. The first-order valence-corrected chi connectivity index (χ1v) is 9.38. The van der Waals surface area contributed by atoms with E-state index in [4.69, 9.17) is 0 Å². The van der Waals surface area contributed by atoms with Gasteiger partial charge in [0.05, 0.1) is 0 Å². The van der Waals surface area contributed by atoms with Crippen LogP contribution < -0.4 is 10.6 Å². The molecular weight excluding hydrogens is 280 g/mol. The van der Waals surface area contributed by atoms with Gasteiger partial charge in [0, 0.05) is 31.6 Å². The van der Waals surface area contributed by atoms with Gasteiger partial charge >= 0.3 is 0 Å². The van der Waals surface area contributed by atoms with Gasteiger partial charge in [0.1, 0.15) is 0 Å². The van der Waals surface area contributed by atoms with Gasteiger partial charge in [-0.1, -0.05) is 18.9 Å². The van der Waals surface area contributed by atoms with E-state index in [9.17, 15) is 0 Å². The van der Waals surface area contributed by atoms with Crippen LogP contribution >= 0.6 is 11.8 Å². The summed E-state index contributed by atoms with van der Waals surface area (Å²) >= 11 is 1.88. The van der Waals surface area contributed by atoms with Gasteiger partial charge in [0.15, 0.2) is 5.96 Å². The third-order valence-corrected chi connectivity index (χ3v) is 4.60. The van der Waals surface area contributed by atoms with E-state index in [0.717, 1.165) is 30.6 Å². The summed E-state index contributed by atoms with van der Waals surface area (Å²) in [5.41, 5.74) is 0. The number of nitrogens with zero attached hydrogens (tertiary/aromatic N) is 2. The molecule has 0 aromatic rings. The summed E-state index contributed by atoms with van der Waals surface area (Å²) in [5.74, 6) is 3.02. The Kier molecular flexibility index (Phi) is 11.4. The van der Waals surface area contributed by atoms with Crippen LogP contribution in [0.15, 0.2) is 17.6 Å². The highest BCUT2D eigenvalue weighted by Crippen LogP contribution is 2.09. The zero-order valence-corrected chi connectivity index (χ0v) is 14.4. The van der Waals surface area contributed by atoms with Gasteiger partial charge in [-0.25, -0.2) is 0 Å². The first-order valence-electron chi connectivity index (χ1n) is 8.22. The Bertz CT molecular complexity index is 286. The number of rotatable bonds is 9. The fourth-order valence-electron chi connectivity index (χ4n) is 2.50. The molecule has 0 aliphatic carbocycles. The van der Waals surface area contributed by atoms with Gasteiger partial charge < -0.3 is 15.5 Å². The molecule has 5 heteroatoms. The van der Waals surface area contributed by atoms with E-state index >= 15 is 0 Å². The molecule has 1 heterocycles. The van der Waals surface area contributed by atoms with E-state index in [1.165, 1.54) is 51.7 Å². The quantitative estimate of drug-likeness (QED) is 0.297. The normalized spacial score (nSPS) is 17.3. The first-order chi connectivity index (χ1) is 10.4. The summed E-state index contributed by atoms with van der Waals surface area (Å²) in [5, 5.41) is 6.75. The fourth-order valence-corrected chi connectivity index (χ4v) is 3.08.